The van der Waals surface area contributed by atoms with Gasteiger partial charge in [-0.2, -0.15) is 0 Å². The van der Waals surface area contributed by atoms with E-state index in [1.54, 1.807) is 20.8 Å². The maximum Gasteiger partial charge on any atom is 0.407 e. The van der Waals surface area contributed by atoms with Crippen LogP contribution in [0.5, 0.6) is 0 Å². The van der Waals surface area contributed by atoms with Gasteiger partial charge in [-0.05, 0) is 18.8 Å². The predicted molar refractivity (Wildman–Crippen MR) is 75.2 cm³/mol. The smallest absolute Gasteiger partial charge is 0.407 e. The maximum absolute atomic E-state index is 12.5. The zero-order valence-electron chi connectivity index (χ0n) is 12.4. The molecule has 0 bridgehead atoms. The molecule has 0 aromatic heterocycles. The highest BCUT2D eigenvalue weighted by molar-refractivity contribution is 7.91. The lowest BCUT2D eigenvalue weighted by atomic mass is 9.79. The topological polar surface area (TPSA) is 89.5 Å². The second-order valence-electron chi connectivity index (χ2n) is 6.22. The molecule has 1 aliphatic heterocycles. The zero-order chi connectivity index (χ0) is 15.6. The number of amides is 1. The first-order valence-corrected chi connectivity index (χ1v) is 8.48. The number of carbonyl (C=O) groups excluding carboxylic acids is 2. The Labute approximate surface area is 120 Å². The average Bonchev–Trinajstić information content (AvgIpc) is 2.34. The van der Waals surface area contributed by atoms with Crippen LogP contribution in [0.15, 0.2) is 0 Å². The van der Waals surface area contributed by atoms with Gasteiger partial charge in [-0.15, -0.1) is 0 Å². The zero-order valence-corrected chi connectivity index (χ0v) is 13.2. The van der Waals surface area contributed by atoms with E-state index in [0.717, 1.165) is 0 Å². The van der Waals surface area contributed by atoms with Gasteiger partial charge in [0.1, 0.15) is 9.84 Å². The molecular weight excluding hydrogens is 282 g/mol. The summed E-state index contributed by atoms with van der Waals surface area (Å²) in [7, 11) is -1.76. The molecule has 1 aliphatic rings. The lowest BCUT2D eigenvalue weighted by Gasteiger charge is -2.33. The van der Waals surface area contributed by atoms with E-state index in [2.05, 4.69) is 10.1 Å². The van der Waals surface area contributed by atoms with Gasteiger partial charge < -0.3 is 10.1 Å². The standard InChI is InChI=1S/C13H23NO5S/c1-13(2,3)11(15)10(14-12(16)19-4)9-5-7-20(17,18)8-6-9/h9-10H,5-8H2,1-4H3,(H,14,16). The summed E-state index contributed by atoms with van der Waals surface area (Å²) in [6.07, 6.45) is 0.110. The highest BCUT2D eigenvalue weighted by atomic mass is 32.2. The van der Waals surface area contributed by atoms with Gasteiger partial charge in [0.25, 0.3) is 0 Å². The van der Waals surface area contributed by atoms with E-state index in [-0.39, 0.29) is 23.2 Å². The maximum atomic E-state index is 12.5. The fourth-order valence-corrected chi connectivity index (χ4v) is 3.82. The molecule has 1 atom stereocenters. The molecule has 1 amide bonds. The third-order valence-electron chi connectivity index (χ3n) is 3.55. The van der Waals surface area contributed by atoms with Crippen molar-refractivity contribution in [3.63, 3.8) is 0 Å². The number of hydrogen-bond acceptors (Lipinski definition) is 5. The number of hydrogen-bond donors (Lipinski definition) is 1. The number of sulfone groups is 1. The molecule has 1 rings (SSSR count). The van der Waals surface area contributed by atoms with E-state index < -0.39 is 27.4 Å². The van der Waals surface area contributed by atoms with Gasteiger partial charge in [0.05, 0.1) is 24.7 Å². The fraction of sp³-hybridized carbons (Fsp3) is 0.846. The second-order valence-corrected chi connectivity index (χ2v) is 8.52. The van der Waals surface area contributed by atoms with Crippen LogP contribution >= 0.6 is 0 Å². The number of Topliss-reactive ketones (excluding diaryl/α,β-unsaturated/α-hetero) is 1. The highest BCUT2D eigenvalue weighted by Crippen LogP contribution is 2.27. The van der Waals surface area contributed by atoms with Crippen molar-refractivity contribution in [3.05, 3.63) is 0 Å². The lowest BCUT2D eigenvalue weighted by Crippen LogP contribution is -2.51. The van der Waals surface area contributed by atoms with Crippen molar-refractivity contribution in [1.82, 2.24) is 5.32 Å². The average molecular weight is 305 g/mol. The summed E-state index contributed by atoms with van der Waals surface area (Å²) in [5.41, 5.74) is -0.609. The number of nitrogens with one attached hydrogen (secondary N) is 1. The van der Waals surface area contributed by atoms with Gasteiger partial charge in [0, 0.05) is 5.41 Å². The van der Waals surface area contributed by atoms with Crippen LogP contribution < -0.4 is 5.32 Å². The van der Waals surface area contributed by atoms with Crippen molar-refractivity contribution < 1.29 is 22.7 Å². The quantitative estimate of drug-likeness (QED) is 0.845. The number of ketones is 1. The van der Waals surface area contributed by atoms with Gasteiger partial charge in [0.2, 0.25) is 0 Å². The summed E-state index contributed by atoms with van der Waals surface area (Å²) < 4.78 is 27.5. The van der Waals surface area contributed by atoms with E-state index in [1.165, 1.54) is 7.11 Å². The molecular formula is C13H23NO5S. The Morgan fingerprint density at radius 3 is 2.10 bits per heavy atom. The van der Waals surface area contributed by atoms with Gasteiger partial charge >= 0.3 is 6.09 Å². The predicted octanol–water partition coefficient (Wildman–Crippen LogP) is 1.15. The molecule has 116 valence electrons. The summed E-state index contributed by atoms with van der Waals surface area (Å²) in [6.45, 7) is 5.34. The van der Waals surface area contributed by atoms with Crippen molar-refractivity contribution in [2.75, 3.05) is 18.6 Å². The Kier molecular flexibility index (Phi) is 5.18. The number of ether oxygens (including phenoxy) is 1. The molecule has 0 radical (unpaired) electrons. The summed E-state index contributed by atoms with van der Waals surface area (Å²) in [5, 5.41) is 2.56. The molecule has 1 fully saturated rings. The van der Waals surface area contributed by atoms with Crippen LogP contribution in [-0.2, 0) is 19.4 Å². The van der Waals surface area contributed by atoms with Crippen molar-refractivity contribution in [2.24, 2.45) is 11.3 Å². The van der Waals surface area contributed by atoms with Crippen LogP contribution in [0, 0.1) is 11.3 Å². The fourth-order valence-electron chi connectivity index (χ4n) is 2.29. The summed E-state index contributed by atoms with van der Waals surface area (Å²) in [6, 6.07) is -0.696. The van der Waals surface area contributed by atoms with E-state index in [0.29, 0.717) is 12.8 Å². The molecule has 0 aromatic carbocycles. The molecule has 7 heteroatoms. The lowest BCUT2D eigenvalue weighted by molar-refractivity contribution is -0.129. The van der Waals surface area contributed by atoms with Crippen LogP contribution in [0.1, 0.15) is 33.6 Å². The van der Waals surface area contributed by atoms with E-state index in [4.69, 9.17) is 0 Å². The minimum atomic E-state index is -3.00. The molecule has 1 unspecified atom stereocenters. The molecule has 0 aromatic rings. The van der Waals surface area contributed by atoms with E-state index in [9.17, 15) is 18.0 Å². The molecule has 0 saturated carbocycles. The highest BCUT2D eigenvalue weighted by Gasteiger charge is 2.39. The Balaban J connectivity index is 2.88. The van der Waals surface area contributed by atoms with Gasteiger partial charge in [0.15, 0.2) is 5.78 Å². The van der Waals surface area contributed by atoms with Crippen LogP contribution in [0.3, 0.4) is 0 Å². The number of rotatable bonds is 3. The third-order valence-corrected chi connectivity index (χ3v) is 5.27. The van der Waals surface area contributed by atoms with Gasteiger partial charge in [-0.25, -0.2) is 13.2 Å². The van der Waals surface area contributed by atoms with Crippen molar-refractivity contribution in [1.29, 1.82) is 0 Å². The molecule has 0 aliphatic carbocycles. The van der Waals surface area contributed by atoms with Crippen LogP contribution in [-0.4, -0.2) is 45.0 Å². The summed E-state index contributed by atoms with van der Waals surface area (Å²) >= 11 is 0. The van der Waals surface area contributed by atoms with Gasteiger partial charge in [-0.1, -0.05) is 20.8 Å². The van der Waals surface area contributed by atoms with Crippen LogP contribution in [0.4, 0.5) is 4.79 Å². The first-order chi connectivity index (χ1) is 9.07. The number of carbonyl (C=O) groups is 2. The Morgan fingerprint density at radius 2 is 1.70 bits per heavy atom. The SMILES string of the molecule is COC(=O)NC(C(=O)C(C)(C)C)C1CCS(=O)(=O)CC1. The summed E-state index contributed by atoms with van der Waals surface area (Å²) in [5.74, 6) is -0.139. The monoisotopic (exact) mass is 305 g/mol. The summed E-state index contributed by atoms with van der Waals surface area (Å²) in [4.78, 5) is 23.9. The molecule has 1 saturated heterocycles. The second kappa shape index (κ2) is 6.11. The molecule has 20 heavy (non-hydrogen) atoms. The molecule has 0 spiro atoms. The Morgan fingerprint density at radius 1 is 1.20 bits per heavy atom. The normalized spacial score (nSPS) is 21.0. The number of methoxy groups -OCH3 is 1. The van der Waals surface area contributed by atoms with Crippen molar-refractivity contribution in [3.8, 4) is 0 Å². The van der Waals surface area contributed by atoms with E-state index >= 15 is 0 Å². The number of alkyl carbamates (subject to hydrolysis) is 1. The van der Waals surface area contributed by atoms with E-state index in [1.807, 2.05) is 0 Å². The minimum absolute atomic E-state index is 0.0639. The molecule has 1 N–H and O–H groups in total. The first kappa shape index (κ1) is 16.9. The largest absolute Gasteiger partial charge is 0.453 e. The van der Waals surface area contributed by atoms with Gasteiger partial charge in [-0.3, -0.25) is 4.79 Å². The van der Waals surface area contributed by atoms with Crippen LogP contribution in [0.25, 0.3) is 0 Å². The van der Waals surface area contributed by atoms with Crippen LogP contribution in [0.2, 0.25) is 0 Å². The van der Waals surface area contributed by atoms with Crippen molar-refractivity contribution >= 4 is 21.7 Å². The first-order valence-electron chi connectivity index (χ1n) is 6.66. The molecule has 1 heterocycles. The third kappa shape index (κ3) is 4.47. The Bertz CT molecular complexity index is 463. The van der Waals surface area contributed by atoms with Crippen molar-refractivity contribution in [2.45, 2.75) is 39.7 Å². The minimum Gasteiger partial charge on any atom is -0.453 e. The Hall–Kier alpha value is -1.11. The molecule has 6 nitrogen and oxygen atoms in total.